The molecule has 0 aromatic heterocycles. The van der Waals surface area contributed by atoms with Crippen LogP contribution in [0, 0.1) is 0 Å². The van der Waals surface area contributed by atoms with E-state index in [2.05, 4.69) is 12.2 Å². The number of rotatable bonds is 6. The molecule has 1 atom stereocenters. The Kier molecular flexibility index (Phi) is 4.98. The summed E-state index contributed by atoms with van der Waals surface area (Å²) >= 11 is 0. The van der Waals surface area contributed by atoms with Gasteiger partial charge >= 0.3 is 0 Å². The van der Waals surface area contributed by atoms with Crippen molar-refractivity contribution in [1.29, 1.82) is 0 Å². The molecule has 3 nitrogen and oxygen atoms in total. The molecule has 0 saturated heterocycles. The van der Waals surface area contributed by atoms with E-state index in [0.29, 0.717) is 6.04 Å². The maximum Gasteiger partial charge on any atom is 0.119 e. The predicted molar refractivity (Wildman–Crippen MR) is 62.4 cm³/mol. The summed E-state index contributed by atoms with van der Waals surface area (Å²) in [4.78, 5) is 0. The zero-order valence-corrected chi connectivity index (χ0v) is 9.36. The van der Waals surface area contributed by atoms with Crippen LogP contribution in [-0.2, 0) is 0 Å². The van der Waals surface area contributed by atoms with Crippen LogP contribution in [0.2, 0.25) is 0 Å². The Morgan fingerprint density at radius 2 is 2.00 bits per heavy atom. The van der Waals surface area contributed by atoms with Gasteiger partial charge < -0.3 is 15.2 Å². The zero-order valence-electron chi connectivity index (χ0n) is 9.36. The van der Waals surface area contributed by atoms with Gasteiger partial charge in [0.2, 0.25) is 0 Å². The Morgan fingerprint density at radius 3 is 2.53 bits per heavy atom. The molecule has 0 bridgehead atoms. The number of ether oxygens (including phenoxy) is 1. The predicted octanol–water partition coefficient (Wildman–Crippen LogP) is 2.27. The first-order valence-corrected chi connectivity index (χ1v) is 5.27. The smallest absolute Gasteiger partial charge is 0.119 e. The van der Waals surface area contributed by atoms with Gasteiger partial charge in [-0.1, -0.05) is 0 Å². The summed E-state index contributed by atoms with van der Waals surface area (Å²) in [5.74, 6) is 0.864. The molecule has 0 saturated carbocycles. The Bertz CT molecular complexity index is 271. The van der Waals surface area contributed by atoms with Crippen molar-refractivity contribution in [3.8, 4) is 5.75 Å². The van der Waals surface area contributed by atoms with Gasteiger partial charge in [-0.2, -0.15) is 0 Å². The molecule has 0 aliphatic rings. The molecule has 1 aromatic rings. The lowest BCUT2D eigenvalue weighted by atomic mass is 10.2. The second-order valence-electron chi connectivity index (χ2n) is 3.64. The van der Waals surface area contributed by atoms with Crippen molar-refractivity contribution >= 4 is 5.69 Å². The van der Waals surface area contributed by atoms with Gasteiger partial charge in [-0.05, 0) is 44.0 Å². The fraction of sp³-hybridized carbons (Fsp3) is 0.500. The molecule has 84 valence electrons. The minimum Gasteiger partial charge on any atom is -0.497 e. The van der Waals surface area contributed by atoms with E-state index in [1.807, 2.05) is 24.3 Å². The molecule has 0 aliphatic carbocycles. The number of hydrogen-bond donors (Lipinski definition) is 2. The van der Waals surface area contributed by atoms with Gasteiger partial charge in [0, 0.05) is 18.3 Å². The van der Waals surface area contributed by atoms with Gasteiger partial charge in [0.25, 0.3) is 0 Å². The van der Waals surface area contributed by atoms with Crippen molar-refractivity contribution in [2.45, 2.75) is 25.8 Å². The van der Waals surface area contributed by atoms with Crippen molar-refractivity contribution in [3.05, 3.63) is 24.3 Å². The second kappa shape index (κ2) is 6.30. The lowest BCUT2D eigenvalue weighted by Crippen LogP contribution is -2.15. The summed E-state index contributed by atoms with van der Waals surface area (Å²) in [5.41, 5.74) is 1.08. The monoisotopic (exact) mass is 209 g/mol. The van der Waals surface area contributed by atoms with E-state index in [1.165, 1.54) is 0 Å². The van der Waals surface area contributed by atoms with Crippen molar-refractivity contribution in [2.75, 3.05) is 19.0 Å². The largest absolute Gasteiger partial charge is 0.497 e. The Labute approximate surface area is 91.1 Å². The minimum atomic E-state index is 0.259. The Hall–Kier alpha value is -1.22. The number of hydrogen-bond acceptors (Lipinski definition) is 3. The fourth-order valence-corrected chi connectivity index (χ4v) is 1.44. The maximum absolute atomic E-state index is 8.71. The van der Waals surface area contributed by atoms with Crippen molar-refractivity contribution in [1.82, 2.24) is 0 Å². The van der Waals surface area contributed by atoms with E-state index >= 15 is 0 Å². The highest BCUT2D eigenvalue weighted by molar-refractivity contribution is 5.46. The third-order valence-electron chi connectivity index (χ3n) is 2.30. The number of anilines is 1. The van der Waals surface area contributed by atoms with Crippen LogP contribution < -0.4 is 10.1 Å². The molecule has 3 heteroatoms. The van der Waals surface area contributed by atoms with Crippen LogP contribution >= 0.6 is 0 Å². The molecule has 0 amide bonds. The molecule has 0 unspecified atom stereocenters. The zero-order chi connectivity index (χ0) is 11.1. The van der Waals surface area contributed by atoms with Crippen LogP contribution in [0.1, 0.15) is 19.8 Å². The van der Waals surface area contributed by atoms with Gasteiger partial charge in [0.15, 0.2) is 0 Å². The molecule has 0 fully saturated rings. The summed E-state index contributed by atoms with van der Waals surface area (Å²) in [6.07, 6.45) is 1.81. The number of benzene rings is 1. The van der Waals surface area contributed by atoms with Crippen LogP contribution in [0.5, 0.6) is 5.75 Å². The van der Waals surface area contributed by atoms with Crippen LogP contribution in [-0.4, -0.2) is 24.9 Å². The van der Waals surface area contributed by atoms with Gasteiger partial charge in [0.05, 0.1) is 7.11 Å². The summed E-state index contributed by atoms with van der Waals surface area (Å²) in [6, 6.07) is 8.23. The summed E-state index contributed by atoms with van der Waals surface area (Å²) in [7, 11) is 1.66. The highest BCUT2D eigenvalue weighted by Gasteiger charge is 2.01. The summed E-state index contributed by atoms with van der Waals surface area (Å²) in [6.45, 7) is 2.37. The quantitative estimate of drug-likeness (QED) is 0.755. The number of aliphatic hydroxyl groups is 1. The first-order valence-electron chi connectivity index (χ1n) is 5.27. The molecular formula is C12H19NO2. The van der Waals surface area contributed by atoms with E-state index in [1.54, 1.807) is 7.11 Å². The van der Waals surface area contributed by atoms with Crippen LogP contribution in [0.3, 0.4) is 0 Å². The average molecular weight is 209 g/mol. The van der Waals surface area contributed by atoms with E-state index in [0.717, 1.165) is 24.3 Å². The molecular weight excluding hydrogens is 190 g/mol. The maximum atomic E-state index is 8.71. The van der Waals surface area contributed by atoms with Crippen LogP contribution in [0.25, 0.3) is 0 Å². The van der Waals surface area contributed by atoms with Crippen molar-refractivity contribution < 1.29 is 9.84 Å². The average Bonchev–Trinajstić information content (AvgIpc) is 2.27. The normalized spacial score (nSPS) is 12.2. The molecule has 0 aliphatic heterocycles. The van der Waals surface area contributed by atoms with E-state index in [-0.39, 0.29) is 6.61 Å². The highest BCUT2D eigenvalue weighted by atomic mass is 16.5. The van der Waals surface area contributed by atoms with Crippen molar-refractivity contribution in [3.63, 3.8) is 0 Å². The first-order chi connectivity index (χ1) is 7.26. The number of aliphatic hydroxyl groups excluding tert-OH is 1. The van der Waals surface area contributed by atoms with E-state index in [9.17, 15) is 0 Å². The van der Waals surface area contributed by atoms with Gasteiger partial charge in [-0.3, -0.25) is 0 Å². The molecule has 15 heavy (non-hydrogen) atoms. The van der Waals surface area contributed by atoms with Crippen LogP contribution in [0.15, 0.2) is 24.3 Å². The van der Waals surface area contributed by atoms with Gasteiger partial charge in [-0.25, -0.2) is 0 Å². The third kappa shape index (κ3) is 4.21. The molecule has 0 radical (unpaired) electrons. The minimum absolute atomic E-state index is 0.259. The SMILES string of the molecule is COc1ccc(N[C@H](C)CCCO)cc1. The topological polar surface area (TPSA) is 41.5 Å². The summed E-state index contributed by atoms with van der Waals surface area (Å²) < 4.78 is 5.08. The second-order valence-corrected chi connectivity index (χ2v) is 3.64. The lowest BCUT2D eigenvalue weighted by molar-refractivity contribution is 0.282. The molecule has 2 N–H and O–H groups in total. The van der Waals surface area contributed by atoms with Gasteiger partial charge in [-0.15, -0.1) is 0 Å². The van der Waals surface area contributed by atoms with E-state index < -0.39 is 0 Å². The highest BCUT2D eigenvalue weighted by Crippen LogP contribution is 2.16. The molecule has 1 aromatic carbocycles. The Balaban J connectivity index is 2.42. The Morgan fingerprint density at radius 1 is 1.33 bits per heavy atom. The number of methoxy groups -OCH3 is 1. The lowest BCUT2D eigenvalue weighted by Gasteiger charge is -2.14. The fourth-order valence-electron chi connectivity index (χ4n) is 1.44. The molecule has 0 spiro atoms. The van der Waals surface area contributed by atoms with Crippen molar-refractivity contribution in [2.24, 2.45) is 0 Å². The summed E-state index contributed by atoms with van der Waals surface area (Å²) in [5, 5.41) is 12.1. The van der Waals surface area contributed by atoms with E-state index in [4.69, 9.17) is 9.84 Å². The molecule has 0 heterocycles. The molecule has 1 rings (SSSR count). The van der Waals surface area contributed by atoms with Gasteiger partial charge in [0.1, 0.15) is 5.75 Å². The number of nitrogens with one attached hydrogen (secondary N) is 1. The third-order valence-corrected chi connectivity index (χ3v) is 2.30. The standard InChI is InChI=1S/C12H19NO2/c1-10(4-3-9-14)13-11-5-7-12(15-2)8-6-11/h5-8,10,13-14H,3-4,9H2,1-2H3/t10-/m1/s1. The van der Waals surface area contributed by atoms with Crippen LogP contribution in [0.4, 0.5) is 5.69 Å². The first kappa shape index (κ1) is 11.9.